The highest BCUT2D eigenvalue weighted by Gasteiger charge is 2.53. The van der Waals surface area contributed by atoms with E-state index < -0.39 is 23.3 Å². The van der Waals surface area contributed by atoms with Crippen LogP contribution in [0.15, 0.2) is 18.2 Å². The van der Waals surface area contributed by atoms with Gasteiger partial charge in [0.2, 0.25) is 5.91 Å². The van der Waals surface area contributed by atoms with Gasteiger partial charge >= 0.3 is 0 Å². The molecular formula is C18H18N2O4. The molecule has 1 aromatic carbocycles. The lowest BCUT2D eigenvalue weighted by Gasteiger charge is -2.38. The van der Waals surface area contributed by atoms with Crippen molar-refractivity contribution in [2.45, 2.75) is 44.6 Å². The zero-order valence-electron chi connectivity index (χ0n) is 13.4. The van der Waals surface area contributed by atoms with Crippen LogP contribution in [0.5, 0.6) is 0 Å². The van der Waals surface area contributed by atoms with Crippen LogP contribution in [0.25, 0.3) is 0 Å². The van der Waals surface area contributed by atoms with E-state index in [2.05, 4.69) is 5.32 Å². The van der Waals surface area contributed by atoms with Crippen LogP contribution in [-0.4, -0.2) is 34.1 Å². The third-order valence-electron chi connectivity index (χ3n) is 5.28. The van der Waals surface area contributed by atoms with Gasteiger partial charge in [-0.1, -0.05) is 12.1 Å². The first-order valence-electron chi connectivity index (χ1n) is 8.27. The molecule has 3 aliphatic rings. The summed E-state index contributed by atoms with van der Waals surface area (Å²) in [6, 6.07) is 5.32. The minimum Gasteiger partial charge on any atom is -0.294 e. The second kappa shape index (κ2) is 5.00. The average Bonchev–Trinajstić information content (AvgIpc) is 3.31. The Bertz CT molecular complexity index is 796. The molecule has 1 aromatic rings. The maximum atomic E-state index is 13.0. The van der Waals surface area contributed by atoms with Gasteiger partial charge < -0.3 is 0 Å². The summed E-state index contributed by atoms with van der Waals surface area (Å²) in [7, 11) is 0. The molecule has 24 heavy (non-hydrogen) atoms. The number of carbonyl (C=O) groups is 4. The van der Waals surface area contributed by atoms with Crippen LogP contribution in [-0.2, 0) is 16.0 Å². The molecule has 1 aliphatic carbocycles. The quantitative estimate of drug-likeness (QED) is 0.852. The van der Waals surface area contributed by atoms with E-state index in [1.54, 1.807) is 19.1 Å². The SMILES string of the molecule is CC1(N2C(=O)c3cccc(CC4CC4)c3C2=O)CCC(=O)NC1=O. The Hall–Kier alpha value is -2.50. The number of amides is 4. The van der Waals surface area contributed by atoms with Gasteiger partial charge in [-0.2, -0.15) is 0 Å². The van der Waals surface area contributed by atoms with Crippen LogP contribution >= 0.6 is 0 Å². The third kappa shape index (κ3) is 2.09. The van der Waals surface area contributed by atoms with Gasteiger partial charge in [-0.25, -0.2) is 0 Å². The first kappa shape index (κ1) is 15.1. The van der Waals surface area contributed by atoms with Gasteiger partial charge in [-0.05, 0) is 50.2 Å². The van der Waals surface area contributed by atoms with Crippen molar-refractivity contribution in [2.75, 3.05) is 0 Å². The average molecular weight is 326 g/mol. The molecule has 6 heteroatoms. The summed E-state index contributed by atoms with van der Waals surface area (Å²) < 4.78 is 0. The lowest BCUT2D eigenvalue weighted by Crippen LogP contribution is -2.62. The number of hydrogen-bond acceptors (Lipinski definition) is 4. The minimum absolute atomic E-state index is 0.116. The fraction of sp³-hybridized carbons (Fsp3) is 0.444. The molecule has 0 radical (unpaired) electrons. The standard InChI is InChI=1S/C18H18N2O4/c1-18(8-7-13(21)19-17(18)24)20-15(22)12-4-2-3-11(9-10-5-6-10)14(12)16(20)23/h2-4,10H,5-9H2,1H3,(H,19,21,24). The van der Waals surface area contributed by atoms with E-state index in [0.717, 1.165) is 29.7 Å². The van der Waals surface area contributed by atoms with E-state index in [1.165, 1.54) is 0 Å². The molecule has 0 aromatic heterocycles. The van der Waals surface area contributed by atoms with Crippen molar-refractivity contribution < 1.29 is 19.2 Å². The predicted octanol–water partition coefficient (Wildman–Crippen LogP) is 1.43. The highest BCUT2D eigenvalue weighted by Crippen LogP contribution is 2.38. The van der Waals surface area contributed by atoms with Crippen LogP contribution in [0.3, 0.4) is 0 Å². The van der Waals surface area contributed by atoms with E-state index in [4.69, 9.17) is 0 Å². The predicted molar refractivity (Wildman–Crippen MR) is 84.2 cm³/mol. The summed E-state index contributed by atoms with van der Waals surface area (Å²) in [6.45, 7) is 1.55. The van der Waals surface area contributed by atoms with Crippen molar-refractivity contribution in [1.29, 1.82) is 0 Å². The van der Waals surface area contributed by atoms with Gasteiger partial charge in [0.1, 0.15) is 5.54 Å². The molecule has 4 amide bonds. The van der Waals surface area contributed by atoms with E-state index in [-0.39, 0.29) is 18.7 Å². The molecule has 2 fully saturated rings. The number of nitrogens with zero attached hydrogens (tertiary/aromatic N) is 1. The van der Waals surface area contributed by atoms with Crippen LogP contribution in [0, 0.1) is 5.92 Å². The molecule has 1 unspecified atom stereocenters. The molecule has 0 bridgehead atoms. The largest absolute Gasteiger partial charge is 0.294 e. The van der Waals surface area contributed by atoms with Crippen molar-refractivity contribution in [1.82, 2.24) is 10.2 Å². The van der Waals surface area contributed by atoms with E-state index in [1.807, 2.05) is 6.07 Å². The zero-order chi connectivity index (χ0) is 17.1. The Morgan fingerprint density at radius 2 is 1.92 bits per heavy atom. The van der Waals surface area contributed by atoms with Crippen LogP contribution in [0.4, 0.5) is 0 Å². The number of piperidine rings is 1. The molecule has 6 nitrogen and oxygen atoms in total. The summed E-state index contributed by atoms with van der Waals surface area (Å²) in [6.07, 6.45) is 3.36. The number of rotatable bonds is 3. The minimum atomic E-state index is -1.32. The topological polar surface area (TPSA) is 83.6 Å². The summed E-state index contributed by atoms with van der Waals surface area (Å²) in [5, 5.41) is 2.25. The van der Waals surface area contributed by atoms with Gasteiger partial charge in [-0.15, -0.1) is 0 Å². The van der Waals surface area contributed by atoms with Crippen molar-refractivity contribution >= 4 is 23.6 Å². The molecule has 1 N–H and O–H groups in total. The van der Waals surface area contributed by atoms with E-state index in [0.29, 0.717) is 17.0 Å². The number of carbonyl (C=O) groups excluding carboxylic acids is 4. The van der Waals surface area contributed by atoms with Gasteiger partial charge in [0.15, 0.2) is 0 Å². The third-order valence-corrected chi connectivity index (χ3v) is 5.28. The van der Waals surface area contributed by atoms with Gasteiger partial charge in [0.05, 0.1) is 11.1 Å². The Labute approximate surface area is 139 Å². The number of imide groups is 2. The zero-order valence-corrected chi connectivity index (χ0v) is 13.4. The van der Waals surface area contributed by atoms with Gasteiger partial charge in [0.25, 0.3) is 17.7 Å². The summed E-state index contributed by atoms with van der Waals surface area (Å²) in [5.74, 6) is -1.24. The Kier molecular flexibility index (Phi) is 3.13. The molecule has 2 heterocycles. The Balaban J connectivity index is 1.74. The Morgan fingerprint density at radius 3 is 2.58 bits per heavy atom. The van der Waals surface area contributed by atoms with Crippen LogP contribution < -0.4 is 5.32 Å². The van der Waals surface area contributed by atoms with E-state index in [9.17, 15) is 19.2 Å². The highest BCUT2D eigenvalue weighted by atomic mass is 16.2. The second-order valence-corrected chi connectivity index (χ2v) is 7.08. The summed E-state index contributed by atoms with van der Waals surface area (Å²) in [4.78, 5) is 50.7. The number of fused-ring (bicyclic) bond motifs is 1. The van der Waals surface area contributed by atoms with Gasteiger partial charge in [0, 0.05) is 6.42 Å². The number of nitrogens with one attached hydrogen (secondary N) is 1. The lowest BCUT2D eigenvalue weighted by atomic mass is 9.89. The molecular weight excluding hydrogens is 308 g/mol. The monoisotopic (exact) mass is 326 g/mol. The first-order valence-corrected chi connectivity index (χ1v) is 8.27. The molecule has 1 atom stereocenters. The maximum Gasteiger partial charge on any atom is 0.262 e. The molecule has 124 valence electrons. The van der Waals surface area contributed by atoms with Crippen molar-refractivity contribution in [3.8, 4) is 0 Å². The smallest absolute Gasteiger partial charge is 0.262 e. The van der Waals surface area contributed by atoms with Crippen molar-refractivity contribution in [3.05, 3.63) is 34.9 Å². The number of benzene rings is 1. The highest BCUT2D eigenvalue weighted by molar-refractivity contribution is 6.24. The van der Waals surface area contributed by atoms with Crippen molar-refractivity contribution in [3.63, 3.8) is 0 Å². The van der Waals surface area contributed by atoms with Crippen LogP contribution in [0.2, 0.25) is 0 Å². The normalized spacial score (nSPS) is 26.6. The van der Waals surface area contributed by atoms with E-state index >= 15 is 0 Å². The summed E-state index contributed by atoms with van der Waals surface area (Å²) in [5.41, 5.74) is 0.356. The first-order chi connectivity index (χ1) is 11.4. The molecule has 1 saturated carbocycles. The summed E-state index contributed by atoms with van der Waals surface area (Å²) >= 11 is 0. The molecule has 2 aliphatic heterocycles. The maximum absolute atomic E-state index is 13.0. The molecule has 1 saturated heterocycles. The lowest BCUT2D eigenvalue weighted by molar-refractivity contribution is -0.140. The molecule has 0 spiro atoms. The fourth-order valence-electron chi connectivity index (χ4n) is 3.61. The number of hydrogen-bond donors (Lipinski definition) is 1. The fourth-order valence-corrected chi connectivity index (χ4v) is 3.61. The second-order valence-electron chi connectivity index (χ2n) is 7.08. The van der Waals surface area contributed by atoms with Gasteiger partial charge in [-0.3, -0.25) is 29.4 Å². The van der Waals surface area contributed by atoms with Crippen LogP contribution in [0.1, 0.15) is 58.9 Å². The Morgan fingerprint density at radius 1 is 1.17 bits per heavy atom. The molecule has 4 rings (SSSR count). The van der Waals surface area contributed by atoms with Crippen molar-refractivity contribution in [2.24, 2.45) is 5.92 Å².